The van der Waals surface area contributed by atoms with Crippen molar-refractivity contribution in [3.05, 3.63) is 65.5 Å². The van der Waals surface area contributed by atoms with Crippen LogP contribution in [-0.2, 0) is 9.53 Å². The zero-order valence-electron chi connectivity index (χ0n) is 18.9. The lowest BCUT2D eigenvalue weighted by molar-refractivity contribution is -0.139. The highest BCUT2D eigenvalue weighted by molar-refractivity contribution is 5.95. The lowest BCUT2D eigenvalue weighted by Crippen LogP contribution is -2.52. The molecule has 2 N–H and O–H groups in total. The van der Waals surface area contributed by atoms with Crippen LogP contribution in [0.4, 0.5) is 10.6 Å². The van der Waals surface area contributed by atoms with E-state index < -0.39 is 12.0 Å². The van der Waals surface area contributed by atoms with E-state index in [9.17, 15) is 9.59 Å². The maximum absolute atomic E-state index is 13.0. The summed E-state index contributed by atoms with van der Waals surface area (Å²) in [7, 11) is 1.59. The van der Waals surface area contributed by atoms with Gasteiger partial charge >= 0.3 is 12.0 Å². The fourth-order valence-electron chi connectivity index (χ4n) is 4.14. The molecule has 0 unspecified atom stereocenters. The Labute approximate surface area is 193 Å². The summed E-state index contributed by atoms with van der Waals surface area (Å²) in [4.78, 5) is 34.4. The summed E-state index contributed by atoms with van der Waals surface area (Å²) in [6, 6.07) is 12.3. The van der Waals surface area contributed by atoms with Gasteiger partial charge < -0.3 is 25.0 Å². The Hall–Kier alpha value is -3.59. The molecule has 2 aromatic rings. The zero-order chi connectivity index (χ0) is 23.2. The van der Waals surface area contributed by atoms with Gasteiger partial charge in [-0.15, -0.1) is 0 Å². The topological polar surface area (TPSA) is 96.0 Å². The molecule has 2 aliphatic rings. The van der Waals surface area contributed by atoms with Crippen molar-refractivity contribution in [1.29, 1.82) is 0 Å². The van der Waals surface area contributed by atoms with Crippen LogP contribution in [0.1, 0.15) is 18.5 Å². The first kappa shape index (κ1) is 22.6. The van der Waals surface area contributed by atoms with Gasteiger partial charge in [0, 0.05) is 44.6 Å². The van der Waals surface area contributed by atoms with Gasteiger partial charge in [0.1, 0.15) is 11.6 Å². The molecule has 174 valence electrons. The highest BCUT2D eigenvalue weighted by Gasteiger charge is 2.34. The number of hydrogen-bond acceptors (Lipinski definition) is 7. The third kappa shape index (κ3) is 5.25. The number of hydrogen-bond donors (Lipinski definition) is 2. The fraction of sp³-hybridized carbons (Fsp3) is 0.375. The van der Waals surface area contributed by atoms with Crippen molar-refractivity contribution in [2.75, 3.05) is 51.3 Å². The maximum atomic E-state index is 13.0. The van der Waals surface area contributed by atoms with Crippen LogP contribution in [-0.4, -0.2) is 68.3 Å². The molecule has 33 heavy (non-hydrogen) atoms. The number of amides is 2. The second kappa shape index (κ2) is 10.4. The standard InChI is InChI=1S/C24H29N5O4/c1-3-33-23(30)21-19(16-28-12-14-29(15-13-28)20-6-4-5-11-25-20)26-24(31)27-22(21)17-7-9-18(32-2)10-8-17/h4-11,22H,3,12-16H2,1-2H3,(H2,26,27,31)/t22-/m1/s1. The first-order chi connectivity index (χ1) is 16.1. The molecule has 0 saturated carbocycles. The van der Waals surface area contributed by atoms with Crippen molar-refractivity contribution >= 4 is 17.8 Å². The summed E-state index contributed by atoms with van der Waals surface area (Å²) in [5.74, 6) is 1.22. The minimum absolute atomic E-state index is 0.252. The Morgan fingerprint density at radius 1 is 1.12 bits per heavy atom. The number of carbonyl (C=O) groups excluding carboxylic acids is 2. The van der Waals surface area contributed by atoms with Crippen LogP contribution >= 0.6 is 0 Å². The van der Waals surface area contributed by atoms with Gasteiger partial charge in [0.15, 0.2) is 0 Å². The Morgan fingerprint density at radius 2 is 1.88 bits per heavy atom. The minimum Gasteiger partial charge on any atom is -0.497 e. The maximum Gasteiger partial charge on any atom is 0.338 e. The van der Waals surface area contributed by atoms with E-state index >= 15 is 0 Å². The van der Waals surface area contributed by atoms with Crippen LogP contribution < -0.4 is 20.3 Å². The van der Waals surface area contributed by atoms with Crippen LogP contribution in [0.3, 0.4) is 0 Å². The summed E-state index contributed by atoms with van der Waals surface area (Å²) >= 11 is 0. The van der Waals surface area contributed by atoms with Crippen LogP contribution in [0, 0.1) is 0 Å². The molecule has 1 saturated heterocycles. The Morgan fingerprint density at radius 3 is 2.52 bits per heavy atom. The quantitative estimate of drug-likeness (QED) is 0.623. The van der Waals surface area contributed by atoms with Crippen LogP contribution in [0.15, 0.2) is 59.9 Å². The number of ether oxygens (including phenoxy) is 2. The molecule has 2 amide bonds. The molecule has 3 heterocycles. The molecule has 1 fully saturated rings. The second-order valence-electron chi connectivity index (χ2n) is 7.87. The molecule has 0 aliphatic carbocycles. The van der Waals surface area contributed by atoms with Gasteiger partial charge in [-0.2, -0.15) is 0 Å². The van der Waals surface area contributed by atoms with Gasteiger partial charge in [0.05, 0.1) is 25.3 Å². The number of carbonyl (C=O) groups is 2. The summed E-state index contributed by atoms with van der Waals surface area (Å²) in [6.45, 7) is 5.66. The molecular formula is C24H29N5O4. The summed E-state index contributed by atoms with van der Waals surface area (Å²) in [5, 5.41) is 5.73. The molecule has 0 radical (unpaired) electrons. The average molecular weight is 452 g/mol. The fourth-order valence-corrected chi connectivity index (χ4v) is 4.14. The van der Waals surface area contributed by atoms with E-state index in [-0.39, 0.29) is 12.6 Å². The van der Waals surface area contributed by atoms with Crippen molar-refractivity contribution in [3.8, 4) is 5.75 Å². The first-order valence-corrected chi connectivity index (χ1v) is 11.1. The Balaban J connectivity index is 1.56. The van der Waals surface area contributed by atoms with Gasteiger partial charge in [-0.1, -0.05) is 18.2 Å². The van der Waals surface area contributed by atoms with Gasteiger partial charge in [-0.3, -0.25) is 4.90 Å². The number of rotatable bonds is 7. The zero-order valence-corrected chi connectivity index (χ0v) is 18.9. The SMILES string of the molecule is CCOC(=O)C1=C(CN2CCN(c3ccccn3)CC2)NC(=O)N[C@@H]1c1ccc(OC)cc1. The normalized spacial score (nSPS) is 19.0. The van der Waals surface area contributed by atoms with Gasteiger partial charge in [0.2, 0.25) is 0 Å². The smallest absolute Gasteiger partial charge is 0.338 e. The van der Waals surface area contributed by atoms with Crippen LogP contribution in [0.25, 0.3) is 0 Å². The largest absolute Gasteiger partial charge is 0.497 e. The molecular weight excluding hydrogens is 422 g/mol. The number of nitrogens with one attached hydrogen (secondary N) is 2. The third-order valence-corrected chi connectivity index (χ3v) is 5.83. The van der Waals surface area contributed by atoms with E-state index in [0.717, 1.165) is 37.6 Å². The number of piperazine rings is 1. The van der Waals surface area contributed by atoms with Gasteiger partial charge in [0.25, 0.3) is 0 Å². The lowest BCUT2D eigenvalue weighted by atomic mass is 9.94. The molecule has 0 spiro atoms. The molecule has 9 heteroatoms. The number of urea groups is 1. The average Bonchev–Trinajstić information content (AvgIpc) is 2.85. The minimum atomic E-state index is -0.603. The number of methoxy groups -OCH3 is 1. The van der Waals surface area contributed by atoms with E-state index in [4.69, 9.17) is 9.47 Å². The Bertz CT molecular complexity index is 1000. The third-order valence-electron chi connectivity index (χ3n) is 5.83. The number of nitrogens with zero attached hydrogens (tertiary/aromatic N) is 3. The van der Waals surface area contributed by atoms with Crippen molar-refractivity contribution in [3.63, 3.8) is 0 Å². The monoisotopic (exact) mass is 451 g/mol. The van der Waals surface area contributed by atoms with E-state index in [1.807, 2.05) is 42.5 Å². The molecule has 4 rings (SSSR count). The van der Waals surface area contributed by atoms with Crippen molar-refractivity contribution in [1.82, 2.24) is 20.5 Å². The number of benzene rings is 1. The molecule has 1 aromatic heterocycles. The predicted octanol–water partition coefficient (Wildman–Crippen LogP) is 2.08. The Kier molecular flexibility index (Phi) is 7.09. The highest BCUT2D eigenvalue weighted by atomic mass is 16.5. The molecule has 0 bridgehead atoms. The number of pyridine rings is 1. The molecule has 1 aromatic carbocycles. The number of anilines is 1. The number of esters is 1. The molecule has 1 atom stereocenters. The predicted molar refractivity (Wildman–Crippen MR) is 124 cm³/mol. The van der Waals surface area contributed by atoms with Crippen molar-refractivity contribution < 1.29 is 19.1 Å². The first-order valence-electron chi connectivity index (χ1n) is 11.1. The van der Waals surface area contributed by atoms with Gasteiger partial charge in [-0.25, -0.2) is 14.6 Å². The lowest BCUT2D eigenvalue weighted by Gasteiger charge is -2.37. The van der Waals surface area contributed by atoms with Crippen molar-refractivity contribution in [2.45, 2.75) is 13.0 Å². The summed E-state index contributed by atoms with van der Waals surface area (Å²) in [5.41, 5.74) is 1.78. The van der Waals surface area contributed by atoms with E-state index in [1.165, 1.54) is 0 Å². The molecule has 9 nitrogen and oxygen atoms in total. The highest BCUT2D eigenvalue weighted by Crippen LogP contribution is 2.29. The summed E-state index contributed by atoms with van der Waals surface area (Å²) < 4.78 is 10.6. The number of aromatic nitrogens is 1. The molecule has 2 aliphatic heterocycles. The van der Waals surface area contributed by atoms with Crippen LogP contribution in [0.5, 0.6) is 5.75 Å². The van der Waals surface area contributed by atoms with Crippen molar-refractivity contribution in [2.24, 2.45) is 0 Å². The second-order valence-corrected chi connectivity index (χ2v) is 7.87. The summed E-state index contributed by atoms with van der Waals surface area (Å²) in [6.07, 6.45) is 1.79. The van der Waals surface area contributed by atoms with Gasteiger partial charge in [-0.05, 0) is 36.8 Å². The van der Waals surface area contributed by atoms with E-state index in [2.05, 4.69) is 25.4 Å². The van der Waals surface area contributed by atoms with Crippen LogP contribution in [0.2, 0.25) is 0 Å². The van der Waals surface area contributed by atoms with E-state index in [1.54, 1.807) is 20.2 Å². The van der Waals surface area contributed by atoms with E-state index in [0.29, 0.717) is 23.6 Å².